The molecule has 0 aliphatic carbocycles. The van der Waals surface area contributed by atoms with Gasteiger partial charge in [-0.05, 0) is 90.1 Å². The number of hydrogen-bond acceptors (Lipinski definition) is 8. The second kappa shape index (κ2) is 20.1. The molecule has 53 heavy (non-hydrogen) atoms. The molecule has 0 aliphatic heterocycles. The van der Waals surface area contributed by atoms with E-state index in [0.717, 1.165) is 60.0 Å². The minimum Gasteiger partial charge on any atom is -0.550 e. The first-order chi connectivity index (χ1) is 24.0. The maximum atomic E-state index is 11.3. The Kier molecular flexibility index (Phi) is 17.7. The molecule has 0 bridgehead atoms. The van der Waals surface area contributed by atoms with Crippen LogP contribution in [0.3, 0.4) is 0 Å². The molecular weight excluding hydrogens is 711 g/mol. The number of hydrogen-bond donors (Lipinski definition) is 2. The normalized spacial score (nSPS) is 11.7. The van der Waals surface area contributed by atoms with E-state index in [-0.39, 0.29) is 39.1 Å². The Morgan fingerprint density at radius 2 is 0.981 bits per heavy atom. The van der Waals surface area contributed by atoms with Crippen LogP contribution in [0.5, 0.6) is 11.5 Å². The Hall–Kier alpha value is -4.47. The Bertz CT molecular complexity index is 1770. The van der Waals surface area contributed by atoms with Crippen LogP contribution in [0.15, 0.2) is 70.6 Å². The second-order valence-corrected chi connectivity index (χ2v) is 16.0. The molecule has 4 aromatic carbocycles. The van der Waals surface area contributed by atoms with Crippen LogP contribution < -0.4 is 10.2 Å². The van der Waals surface area contributed by atoms with E-state index in [4.69, 9.17) is 29.8 Å². The number of fused-ring (bicyclic) bond motifs is 1. The summed E-state index contributed by atoms with van der Waals surface area (Å²) in [4.78, 5) is 27.6. The van der Waals surface area contributed by atoms with Crippen LogP contribution in [0.2, 0.25) is 0 Å². The quantitative estimate of drug-likeness (QED) is 0.173. The van der Waals surface area contributed by atoms with Gasteiger partial charge in [-0.15, -0.1) is 0 Å². The molecule has 8 nitrogen and oxygen atoms in total. The number of carbonyl (C=O) groups excluding carboxylic acids is 2. The molecule has 0 saturated heterocycles. The molecular formula is C44H56CoN2O6. The molecule has 0 unspecified atom stereocenters. The van der Waals surface area contributed by atoms with Crippen molar-refractivity contribution in [3.05, 3.63) is 94.0 Å². The molecule has 0 heterocycles. The van der Waals surface area contributed by atoms with Crippen LogP contribution >= 0.6 is 0 Å². The van der Waals surface area contributed by atoms with Crippen LogP contribution in [0.25, 0.3) is 10.8 Å². The van der Waals surface area contributed by atoms with Gasteiger partial charge >= 0.3 is 16.8 Å². The first-order valence-corrected chi connectivity index (χ1v) is 17.7. The van der Waals surface area contributed by atoms with Gasteiger partial charge in [0, 0.05) is 52.0 Å². The number of carboxylic acids is 2. The van der Waals surface area contributed by atoms with Gasteiger partial charge in [0.05, 0.1) is 11.4 Å². The van der Waals surface area contributed by atoms with Gasteiger partial charge < -0.3 is 30.0 Å². The summed E-state index contributed by atoms with van der Waals surface area (Å²) in [6.07, 6.45) is 5.42. The molecule has 0 spiro atoms. The minimum absolute atomic E-state index is 0. The number of phenolic OH excluding ortho intramolecular Hbond substituents is 2. The first kappa shape index (κ1) is 46.5. The fourth-order valence-corrected chi connectivity index (χ4v) is 5.75. The SMILES string of the molecule is CC(=O)[O-].CC(=O)[O-].CC(C)Cc1cc(C=Nc2cccc3cccc(N=Cc4cc(CC(C)C)cc(C(C)(C)C)c4O)c23)c(O)c(C(C)(C)C)c1.[Co+2]. The Morgan fingerprint density at radius 1 is 0.660 bits per heavy atom. The van der Waals surface area contributed by atoms with Gasteiger partial charge in [-0.3, -0.25) is 9.98 Å². The van der Waals surface area contributed by atoms with Crippen molar-refractivity contribution in [1.82, 2.24) is 0 Å². The third-order valence-electron chi connectivity index (χ3n) is 7.85. The van der Waals surface area contributed by atoms with E-state index in [1.807, 2.05) is 24.3 Å². The van der Waals surface area contributed by atoms with Gasteiger partial charge in [-0.1, -0.05) is 106 Å². The topological polar surface area (TPSA) is 145 Å². The Labute approximate surface area is 326 Å². The molecule has 287 valence electrons. The zero-order valence-electron chi connectivity index (χ0n) is 33.3. The molecule has 4 aromatic rings. The van der Waals surface area contributed by atoms with Gasteiger partial charge in [-0.2, -0.15) is 0 Å². The first-order valence-electron chi connectivity index (χ1n) is 17.7. The fraction of sp³-hybridized carbons (Fsp3) is 0.409. The summed E-state index contributed by atoms with van der Waals surface area (Å²) >= 11 is 0. The van der Waals surface area contributed by atoms with Crippen molar-refractivity contribution in [3.8, 4) is 11.5 Å². The molecule has 0 atom stereocenters. The standard InChI is InChI=1S/C40H50N2O2.2C2H4O2.Co/c1-25(2)17-27-19-30(37(43)32(21-27)39(5,6)7)23-41-34-15-11-13-29-14-12-16-35(36(29)34)42-24-31-20-28(18-26(3)4)22-33(38(31)44)40(8,9)10;2*1-2(3)4;/h11-16,19-26,43-44H,17-18H2,1-10H3;2*1H3,(H,3,4);/q;;;+2/p-2. The van der Waals surface area contributed by atoms with Crippen molar-refractivity contribution in [2.24, 2.45) is 21.8 Å². The van der Waals surface area contributed by atoms with Crippen LogP contribution in [0.4, 0.5) is 11.4 Å². The molecule has 0 fully saturated rings. The average Bonchev–Trinajstić information content (AvgIpc) is 2.99. The molecule has 0 aromatic heterocycles. The number of nitrogens with zero attached hydrogens (tertiary/aromatic N) is 2. The summed E-state index contributed by atoms with van der Waals surface area (Å²) in [5.41, 5.74) is 6.81. The van der Waals surface area contributed by atoms with E-state index in [0.29, 0.717) is 23.0 Å². The van der Waals surface area contributed by atoms with Crippen molar-refractivity contribution in [3.63, 3.8) is 0 Å². The number of rotatable bonds is 8. The van der Waals surface area contributed by atoms with Gasteiger partial charge in [0.15, 0.2) is 0 Å². The largest absolute Gasteiger partial charge is 2.00 e. The minimum atomic E-state index is -1.08. The molecule has 2 N–H and O–H groups in total. The van der Waals surface area contributed by atoms with Crippen molar-refractivity contribution in [2.45, 2.75) is 107 Å². The van der Waals surface area contributed by atoms with Gasteiger partial charge in [0.2, 0.25) is 0 Å². The van der Waals surface area contributed by atoms with Gasteiger partial charge in [0.1, 0.15) is 11.5 Å². The maximum Gasteiger partial charge on any atom is 2.00 e. The second-order valence-electron chi connectivity index (χ2n) is 16.0. The van der Waals surface area contributed by atoms with Crippen molar-refractivity contribution in [2.75, 3.05) is 0 Å². The number of carboxylic acid groups (broad SMARTS) is 2. The molecule has 1 radical (unpaired) electrons. The monoisotopic (exact) mass is 767 g/mol. The summed E-state index contributed by atoms with van der Waals surface area (Å²) in [6, 6.07) is 20.4. The van der Waals surface area contributed by atoms with Gasteiger partial charge in [0.25, 0.3) is 0 Å². The number of benzene rings is 4. The average molecular weight is 768 g/mol. The molecule has 0 amide bonds. The molecule has 0 saturated carbocycles. The smallest absolute Gasteiger partial charge is 0.550 e. The van der Waals surface area contributed by atoms with Crippen LogP contribution in [0, 0.1) is 11.8 Å². The zero-order chi connectivity index (χ0) is 39.6. The summed E-state index contributed by atoms with van der Waals surface area (Å²) in [5, 5.41) is 42.3. The van der Waals surface area contributed by atoms with Crippen LogP contribution in [-0.4, -0.2) is 34.6 Å². The number of phenols is 2. The van der Waals surface area contributed by atoms with E-state index in [9.17, 15) is 10.2 Å². The van der Waals surface area contributed by atoms with E-state index in [1.165, 1.54) is 11.1 Å². The summed E-state index contributed by atoms with van der Waals surface area (Å²) in [7, 11) is 0. The molecule has 9 heteroatoms. The summed E-state index contributed by atoms with van der Waals surface area (Å²) < 4.78 is 0. The van der Waals surface area contributed by atoms with Crippen LogP contribution in [-0.2, 0) is 50.0 Å². The van der Waals surface area contributed by atoms with E-state index in [1.54, 1.807) is 12.4 Å². The van der Waals surface area contributed by atoms with E-state index < -0.39 is 11.9 Å². The molecule has 0 aliphatic rings. The van der Waals surface area contributed by atoms with Crippen molar-refractivity contribution < 1.29 is 46.8 Å². The van der Waals surface area contributed by atoms with Crippen molar-refractivity contribution in [1.29, 1.82) is 0 Å². The van der Waals surface area contributed by atoms with Crippen molar-refractivity contribution >= 4 is 46.5 Å². The zero-order valence-corrected chi connectivity index (χ0v) is 34.3. The van der Waals surface area contributed by atoms with Gasteiger partial charge in [-0.25, -0.2) is 0 Å². The predicted octanol–water partition coefficient (Wildman–Crippen LogP) is 8.25. The third-order valence-corrected chi connectivity index (χ3v) is 7.85. The number of aliphatic imine (C=N–C) groups is 2. The van der Waals surface area contributed by atoms with E-state index >= 15 is 0 Å². The number of aliphatic carboxylic acids is 2. The predicted molar refractivity (Wildman–Crippen MR) is 211 cm³/mol. The maximum absolute atomic E-state index is 11.3. The summed E-state index contributed by atoms with van der Waals surface area (Å²) in [5.74, 6) is -0.612. The third kappa shape index (κ3) is 14.8. The molecule has 4 rings (SSSR count). The van der Waals surface area contributed by atoms with E-state index in [2.05, 4.69) is 106 Å². The fourth-order valence-electron chi connectivity index (χ4n) is 5.75. The van der Waals surface area contributed by atoms with Crippen LogP contribution in [0.1, 0.15) is 116 Å². The Morgan fingerprint density at radius 3 is 1.26 bits per heavy atom. The summed E-state index contributed by atoms with van der Waals surface area (Å²) in [6.45, 7) is 23.5. The number of carbonyl (C=O) groups is 2. The number of aromatic hydroxyl groups is 2. The Balaban J connectivity index is 0.00000142.